The minimum absolute atomic E-state index is 0.529. The second-order valence-corrected chi connectivity index (χ2v) is 3.94. The number of hydrogen-bond donors (Lipinski definition) is 0. The molecule has 2 nitrogen and oxygen atoms in total. The molecule has 2 heteroatoms. The van der Waals surface area contributed by atoms with Crippen LogP contribution < -0.4 is 0 Å². The number of aryl methyl sites for hydroxylation is 2. The molecule has 0 unspecified atom stereocenters. The van der Waals surface area contributed by atoms with Crippen molar-refractivity contribution in [3.05, 3.63) is 34.9 Å². The molecule has 1 fully saturated rings. The minimum Gasteiger partial charge on any atom is -0.344 e. The van der Waals surface area contributed by atoms with Crippen molar-refractivity contribution < 1.29 is 9.47 Å². The molecule has 0 spiro atoms. The normalized spacial score (nSPS) is 19.9. The van der Waals surface area contributed by atoms with Gasteiger partial charge in [-0.1, -0.05) is 18.2 Å². The zero-order chi connectivity index (χ0) is 10.2. The van der Waals surface area contributed by atoms with Gasteiger partial charge >= 0.3 is 0 Å². The lowest BCUT2D eigenvalue weighted by Crippen LogP contribution is -2.22. The van der Waals surface area contributed by atoms with Crippen LogP contribution in [0.25, 0.3) is 0 Å². The van der Waals surface area contributed by atoms with Crippen LogP contribution in [-0.2, 0) is 15.3 Å². The van der Waals surface area contributed by atoms with Crippen LogP contribution in [-0.4, -0.2) is 13.2 Å². The summed E-state index contributed by atoms with van der Waals surface area (Å²) in [6.45, 7) is 7.56. The van der Waals surface area contributed by atoms with Crippen LogP contribution in [0.5, 0.6) is 0 Å². The molecule has 1 aromatic carbocycles. The topological polar surface area (TPSA) is 18.5 Å². The smallest absolute Gasteiger partial charge is 0.192 e. The highest BCUT2D eigenvalue weighted by Gasteiger charge is 2.32. The first-order valence-corrected chi connectivity index (χ1v) is 4.97. The van der Waals surface area contributed by atoms with Gasteiger partial charge < -0.3 is 9.47 Å². The average molecular weight is 192 g/mol. The van der Waals surface area contributed by atoms with E-state index in [1.54, 1.807) is 0 Å². The third-order valence-electron chi connectivity index (χ3n) is 2.87. The number of benzene rings is 1. The van der Waals surface area contributed by atoms with E-state index >= 15 is 0 Å². The van der Waals surface area contributed by atoms with Gasteiger partial charge in [-0.15, -0.1) is 0 Å². The molecule has 1 aromatic rings. The van der Waals surface area contributed by atoms with Crippen LogP contribution in [0, 0.1) is 13.8 Å². The van der Waals surface area contributed by atoms with E-state index in [0.29, 0.717) is 13.2 Å². The Morgan fingerprint density at radius 1 is 1.07 bits per heavy atom. The van der Waals surface area contributed by atoms with Crippen LogP contribution >= 0.6 is 0 Å². The molecule has 0 radical (unpaired) electrons. The largest absolute Gasteiger partial charge is 0.344 e. The molecule has 0 N–H and O–H groups in total. The molecular weight excluding hydrogens is 176 g/mol. The summed E-state index contributed by atoms with van der Waals surface area (Å²) in [5.74, 6) is -0.529. The average Bonchev–Trinajstić information content (AvgIpc) is 2.58. The minimum atomic E-state index is -0.529. The Bertz CT molecular complexity index is 338. The quantitative estimate of drug-likeness (QED) is 0.680. The molecule has 14 heavy (non-hydrogen) atoms. The van der Waals surface area contributed by atoms with Crippen molar-refractivity contribution in [2.75, 3.05) is 13.2 Å². The zero-order valence-corrected chi connectivity index (χ0v) is 8.96. The highest BCUT2D eigenvalue weighted by Crippen LogP contribution is 2.31. The third-order valence-corrected chi connectivity index (χ3v) is 2.87. The summed E-state index contributed by atoms with van der Waals surface area (Å²) in [6.07, 6.45) is 0. The molecule has 0 bridgehead atoms. The van der Waals surface area contributed by atoms with Gasteiger partial charge in [0, 0.05) is 5.56 Å². The first-order chi connectivity index (χ1) is 6.62. The highest BCUT2D eigenvalue weighted by atomic mass is 16.7. The highest BCUT2D eigenvalue weighted by molar-refractivity contribution is 5.32. The van der Waals surface area contributed by atoms with Crippen molar-refractivity contribution in [3.63, 3.8) is 0 Å². The van der Waals surface area contributed by atoms with Gasteiger partial charge in [-0.3, -0.25) is 0 Å². The Morgan fingerprint density at radius 2 is 1.71 bits per heavy atom. The Morgan fingerprint density at radius 3 is 2.29 bits per heavy atom. The molecule has 0 aliphatic carbocycles. The molecule has 1 aliphatic rings. The summed E-state index contributed by atoms with van der Waals surface area (Å²) in [7, 11) is 0. The number of ether oxygens (including phenoxy) is 2. The van der Waals surface area contributed by atoms with Crippen molar-refractivity contribution in [2.45, 2.75) is 26.6 Å². The molecule has 2 rings (SSSR count). The van der Waals surface area contributed by atoms with E-state index in [2.05, 4.69) is 32.0 Å². The lowest BCUT2D eigenvalue weighted by molar-refractivity contribution is -0.149. The van der Waals surface area contributed by atoms with Gasteiger partial charge in [0.25, 0.3) is 0 Å². The predicted octanol–water partition coefficient (Wildman–Crippen LogP) is 2.52. The zero-order valence-electron chi connectivity index (χ0n) is 8.96. The van der Waals surface area contributed by atoms with Crippen molar-refractivity contribution in [1.82, 2.24) is 0 Å². The SMILES string of the molecule is Cc1ccc(C2(C)OCCO2)cc1C. The first-order valence-electron chi connectivity index (χ1n) is 4.97. The van der Waals surface area contributed by atoms with Crippen LogP contribution in [0.3, 0.4) is 0 Å². The van der Waals surface area contributed by atoms with E-state index in [4.69, 9.17) is 9.47 Å². The van der Waals surface area contributed by atoms with Crippen LogP contribution in [0.4, 0.5) is 0 Å². The Kier molecular flexibility index (Phi) is 2.33. The standard InChI is InChI=1S/C12H16O2/c1-9-4-5-11(8-10(9)2)12(3)13-6-7-14-12/h4-5,8H,6-7H2,1-3H3. The maximum absolute atomic E-state index is 5.60. The molecule has 1 aliphatic heterocycles. The van der Waals surface area contributed by atoms with Gasteiger partial charge in [0.05, 0.1) is 13.2 Å². The third kappa shape index (κ3) is 1.56. The lowest BCUT2D eigenvalue weighted by atomic mass is 10.0. The molecule has 0 atom stereocenters. The molecule has 1 heterocycles. The van der Waals surface area contributed by atoms with Crippen LogP contribution in [0.1, 0.15) is 23.6 Å². The van der Waals surface area contributed by atoms with E-state index < -0.39 is 5.79 Å². The first kappa shape index (κ1) is 9.69. The maximum Gasteiger partial charge on any atom is 0.192 e. The molecule has 0 amide bonds. The fraction of sp³-hybridized carbons (Fsp3) is 0.500. The summed E-state index contributed by atoms with van der Waals surface area (Å²) in [5, 5.41) is 0. The van der Waals surface area contributed by atoms with Gasteiger partial charge in [-0.2, -0.15) is 0 Å². The van der Waals surface area contributed by atoms with Crippen molar-refractivity contribution >= 4 is 0 Å². The van der Waals surface area contributed by atoms with E-state index in [1.807, 2.05) is 6.92 Å². The lowest BCUT2D eigenvalue weighted by Gasteiger charge is -2.23. The second-order valence-electron chi connectivity index (χ2n) is 3.94. The van der Waals surface area contributed by atoms with Crippen LogP contribution in [0.15, 0.2) is 18.2 Å². The summed E-state index contributed by atoms with van der Waals surface area (Å²) in [4.78, 5) is 0. The fourth-order valence-corrected chi connectivity index (χ4v) is 1.71. The van der Waals surface area contributed by atoms with Crippen molar-refractivity contribution in [1.29, 1.82) is 0 Å². The van der Waals surface area contributed by atoms with Gasteiger partial charge in [-0.25, -0.2) is 0 Å². The van der Waals surface area contributed by atoms with E-state index in [9.17, 15) is 0 Å². The molecular formula is C12H16O2. The Balaban J connectivity index is 2.36. The summed E-state index contributed by atoms with van der Waals surface area (Å²) < 4.78 is 11.2. The van der Waals surface area contributed by atoms with Gasteiger partial charge in [0.15, 0.2) is 5.79 Å². The number of hydrogen-bond acceptors (Lipinski definition) is 2. The molecule has 0 saturated carbocycles. The monoisotopic (exact) mass is 192 g/mol. The summed E-state index contributed by atoms with van der Waals surface area (Å²) in [5.41, 5.74) is 3.69. The van der Waals surface area contributed by atoms with E-state index in [-0.39, 0.29) is 0 Å². The van der Waals surface area contributed by atoms with E-state index in [1.165, 1.54) is 11.1 Å². The van der Waals surface area contributed by atoms with E-state index in [0.717, 1.165) is 5.56 Å². The van der Waals surface area contributed by atoms with Crippen LogP contribution in [0.2, 0.25) is 0 Å². The Hall–Kier alpha value is -0.860. The maximum atomic E-state index is 5.60. The second kappa shape index (κ2) is 3.37. The van der Waals surface area contributed by atoms with Crippen molar-refractivity contribution in [3.8, 4) is 0 Å². The summed E-state index contributed by atoms with van der Waals surface area (Å²) in [6, 6.07) is 6.33. The van der Waals surface area contributed by atoms with Gasteiger partial charge in [0.1, 0.15) is 0 Å². The number of rotatable bonds is 1. The molecule has 0 aromatic heterocycles. The van der Waals surface area contributed by atoms with Gasteiger partial charge in [-0.05, 0) is 31.9 Å². The summed E-state index contributed by atoms with van der Waals surface area (Å²) >= 11 is 0. The predicted molar refractivity (Wildman–Crippen MR) is 55.2 cm³/mol. The van der Waals surface area contributed by atoms with Crippen molar-refractivity contribution in [2.24, 2.45) is 0 Å². The fourth-order valence-electron chi connectivity index (χ4n) is 1.71. The Labute approximate surface area is 84.8 Å². The molecule has 1 saturated heterocycles. The van der Waals surface area contributed by atoms with Gasteiger partial charge in [0.2, 0.25) is 0 Å². The molecule has 76 valence electrons.